The molecule has 0 aromatic rings. The number of piperidine rings is 1. The Labute approximate surface area is 86.9 Å². The minimum atomic E-state index is 1.03. The number of rotatable bonds is 4. The molecule has 0 amide bonds. The summed E-state index contributed by atoms with van der Waals surface area (Å²) in [4.78, 5) is 6.42. The quantitative estimate of drug-likeness (QED) is 0.545. The van der Waals surface area contributed by atoms with Crippen molar-refractivity contribution in [3.8, 4) is 0 Å². The molecule has 0 aliphatic carbocycles. The third-order valence-corrected chi connectivity index (χ3v) is 2.57. The lowest BCUT2D eigenvalue weighted by Gasteiger charge is -2.27. The highest BCUT2D eigenvalue weighted by Crippen LogP contribution is 2.09. The fourth-order valence-corrected chi connectivity index (χ4v) is 1.73. The standard InChI is InChI=1S/C11H21N3/c1-3-11(13-10-12-2)9-14-7-5-4-6-8-14/h3,10H,4-9H2,1-2H3,(H,12,13)/b11-3-. The predicted octanol–water partition coefficient (Wildman–Crippen LogP) is 1.62. The molecule has 0 radical (unpaired) electrons. The van der Waals surface area contributed by atoms with Gasteiger partial charge in [0.15, 0.2) is 0 Å². The van der Waals surface area contributed by atoms with E-state index in [0.29, 0.717) is 0 Å². The number of hydrogen-bond donors (Lipinski definition) is 1. The summed E-state index contributed by atoms with van der Waals surface area (Å²) in [5.41, 5.74) is 1.25. The van der Waals surface area contributed by atoms with Gasteiger partial charge < -0.3 is 5.32 Å². The van der Waals surface area contributed by atoms with E-state index in [1.807, 2.05) is 0 Å². The van der Waals surface area contributed by atoms with Crippen LogP contribution in [0.15, 0.2) is 16.8 Å². The van der Waals surface area contributed by atoms with Crippen molar-refractivity contribution in [2.75, 3.05) is 26.7 Å². The number of allylic oxidation sites excluding steroid dienone is 1. The SMILES string of the molecule is C/C=C(/CN1CCCCC1)NC=NC. The van der Waals surface area contributed by atoms with Crippen LogP contribution < -0.4 is 5.32 Å². The third kappa shape index (κ3) is 3.92. The molecule has 1 aliphatic rings. The first kappa shape index (κ1) is 11.2. The first-order valence-electron chi connectivity index (χ1n) is 5.41. The zero-order valence-electron chi connectivity index (χ0n) is 9.29. The molecule has 0 unspecified atom stereocenters. The van der Waals surface area contributed by atoms with Crippen LogP contribution in [-0.4, -0.2) is 37.9 Å². The van der Waals surface area contributed by atoms with E-state index >= 15 is 0 Å². The van der Waals surface area contributed by atoms with Crippen LogP contribution in [0.1, 0.15) is 26.2 Å². The predicted molar refractivity (Wildman–Crippen MR) is 61.6 cm³/mol. The van der Waals surface area contributed by atoms with Gasteiger partial charge in [0.25, 0.3) is 0 Å². The van der Waals surface area contributed by atoms with Crippen LogP contribution in [0.4, 0.5) is 0 Å². The molecule has 1 saturated heterocycles. The van der Waals surface area contributed by atoms with Gasteiger partial charge >= 0.3 is 0 Å². The van der Waals surface area contributed by atoms with Crippen molar-refractivity contribution >= 4 is 6.34 Å². The van der Waals surface area contributed by atoms with Crippen LogP contribution in [0.3, 0.4) is 0 Å². The van der Waals surface area contributed by atoms with Gasteiger partial charge in [0, 0.05) is 19.3 Å². The smallest absolute Gasteiger partial charge is 0.0862 e. The number of nitrogens with one attached hydrogen (secondary N) is 1. The fourth-order valence-electron chi connectivity index (χ4n) is 1.73. The minimum Gasteiger partial charge on any atom is -0.349 e. The summed E-state index contributed by atoms with van der Waals surface area (Å²) < 4.78 is 0. The maximum absolute atomic E-state index is 3.92. The van der Waals surface area contributed by atoms with E-state index in [1.54, 1.807) is 13.4 Å². The number of aliphatic imine (C=N–C) groups is 1. The van der Waals surface area contributed by atoms with Gasteiger partial charge in [0.2, 0.25) is 0 Å². The molecule has 1 aliphatic heterocycles. The number of hydrogen-bond acceptors (Lipinski definition) is 2. The van der Waals surface area contributed by atoms with Crippen LogP contribution in [-0.2, 0) is 0 Å². The molecule has 1 fully saturated rings. The second-order valence-electron chi connectivity index (χ2n) is 3.68. The van der Waals surface area contributed by atoms with Gasteiger partial charge in [0.1, 0.15) is 0 Å². The van der Waals surface area contributed by atoms with Crippen molar-refractivity contribution in [2.45, 2.75) is 26.2 Å². The molecule has 0 spiro atoms. The average molecular weight is 195 g/mol. The first-order chi connectivity index (χ1) is 6.86. The van der Waals surface area contributed by atoms with Gasteiger partial charge in [-0.25, -0.2) is 0 Å². The van der Waals surface area contributed by atoms with Crippen LogP contribution in [0.2, 0.25) is 0 Å². The van der Waals surface area contributed by atoms with Crippen molar-refractivity contribution in [2.24, 2.45) is 4.99 Å². The Kier molecular flexibility index (Phi) is 5.30. The fraction of sp³-hybridized carbons (Fsp3) is 0.727. The minimum absolute atomic E-state index is 1.03. The molecule has 1 N–H and O–H groups in total. The summed E-state index contributed by atoms with van der Waals surface area (Å²) in [7, 11) is 1.78. The molecule has 1 heterocycles. The highest BCUT2D eigenvalue weighted by Gasteiger charge is 2.10. The van der Waals surface area contributed by atoms with Crippen LogP contribution in [0.25, 0.3) is 0 Å². The summed E-state index contributed by atoms with van der Waals surface area (Å²) in [6.45, 7) is 5.57. The summed E-state index contributed by atoms with van der Waals surface area (Å²) in [6, 6.07) is 0. The van der Waals surface area contributed by atoms with Crippen LogP contribution >= 0.6 is 0 Å². The number of nitrogens with zero attached hydrogens (tertiary/aromatic N) is 2. The van der Waals surface area contributed by atoms with Gasteiger partial charge in [-0.15, -0.1) is 0 Å². The normalized spacial score (nSPS) is 20.3. The molecule has 0 bridgehead atoms. The summed E-state index contributed by atoms with van der Waals surface area (Å²) in [6.07, 6.45) is 7.96. The molecular formula is C11H21N3. The van der Waals surface area contributed by atoms with Crippen molar-refractivity contribution in [1.29, 1.82) is 0 Å². The summed E-state index contributed by atoms with van der Waals surface area (Å²) in [5.74, 6) is 0. The third-order valence-electron chi connectivity index (χ3n) is 2.57. The Balaban J connectivity index is 2.31. The van der Waals surface area contributed by atoms with Gasteiger partial charge in [-0.05, 0) is 32.9 Å². The van der Waals surface area contributed by atoms with Gasteiger partial charge in [0.05, 0.1) is 6.34 Å². The number of likely N-dealkylation sites (tertiary alicyclic amines) is 1. The van der Waals surface area contributed by atoms with E-state index in [0.717, 1.165) is 6.54 Å². The van der Waals surface area contributed by atoms with E-state index in [4.69, 9.17) is 0 Å². The lowest BCUT2D eigenvalue weighted by Crippen LogP contribution is -2.34. The monoisotopic (exact) mass is 195 g/mol. The maximum Gasteiger partial charge on any atom is 0.0862 e. The molecule has 0 aromatic carbocycles. The van der Waals surface area contributed by atoms with Crippen molar-refractivity contribution in [3.63, 3.8) is 0 Å². The van der Waals surface area contributed by atoms with E-state index in [-0.39, 0.29) is 0 Å². The Morgan fingerprint density at radius 2 is 2.07 bits per heavy atom. The van der Waals surface area contributed by atoms with Crippen LogP contribution in [0, 0.1) is 0 Å². The second-order valence-corrected chi connectivity index (χ2v) is 3.68. The molecular weight excluding hydrogens is 174 g/mol. The summed E-state index contributed by atoms with van der Waals surface area (Å²) in [5, 5.41) is 3.19. The molecule has 0 aromatic heterocycles. The Morgan fingerprint density at radius 3 is 2.64 bits per heavy atom. The zero-order valence-corrected chi connectivity index (χ0v) is 9.29. The average Bonchev–Trinajstić information content (AvgIpc) is 2.25. The van der Waals surface area contributed by atoms with Crippen molar-refractivity contribution in [3.05, 3.63) is 11.8 Å². The largest absolute Gasteiger partial charge is 0.349 e. The molecule has 80 valence electrons. The lowest BCUT2D eigenvalue weighted by atomic mass is 10.1. The highest BCUT2D eigenvalue weighted by molar-refractivity contribution is 5.57. The highest BCUT2D eigenvalue weighted by atomic mass is 15.1. The van der Waals surface area contributed by atoms with Gasteiger partial charge in [-0.1, -0.05) is 12.5 Å². The summed E-state index contributed by atoms with van der Waals surface area (Å²) >= 11 is 0. The first-order valence-corrected chi connectivity index (χ1v) is 5.41. The molecule has 14 heavy (non-hydrogen) atoms. The molecule has 3 nitrogen and oxygen atoms in total. The van der Waals surface area contributed by atoms with Crippen molar-refractivity contribution < 1.29 is 0 Å². The Morgan fingerprint density at radius 1 is 1.36 bits per heavy atom. The van der Waals surface area contributed by atoms with E-state index < -0.39 is 0 Å². The molecule has 3 heteroatoms. The Hall–Kier alpha value is -0.830. The van der Waals surface area contributed by atoms with Crippen LogP contribution in [0.5, 0.6) is 0 Å². The Bertz CT molecular complexity index is 203. The van der Waals surface area contributed by atoms with Gasteiger partial charge in [-0.3, -0.25) is 9.89 Å². The second kappa shape index (κ2) is 6.60. The van der Waals surface area contributed by atoms with Crippen molar-refractivity contribution in [1.82, 2.24) is 10.2 Å². The maximum atomic E-state index is 3.92. The van der Waals surface area contributed by atoms with E-state index in [2.05, 4.69) is 28.2 Å². The topological polar surface area (TPSA) is 27.6 Å². The zero-order chi connectivity index (χ0) is 10.2. The van der Waals surface area contributed by atoms with E-state index in [9.17, 15) is 0 Å². The van der Waals surface area contributed by atoms with E-state index in [1.165, 1.54) is 38.0 Å². The molecule has 0 atom stereocenters. The van der Waals surface area contributed by atoms with Gasteiger partial charge in [-0.2, -0.15) is 0 Å². The lowest BCUT2D eigenvalue weighted by molar-refractivity contribution is 0.244. The molecule has 1 rings (SSSR count). The molecule has 0 saturated carbocycles.